The van der Waals surface area contributed by atoms with Crippen molar-refractivity contribution in [3.63, 3.8) is 0 Å². The van der Waals surface area contributed by atoms with E-state index in [-0.39, 0.29) is 0 Å². The number of nitrogens with zero attached hydrogens (tertiary/aromatic N) is 1. The Labute approximate surface area is 67.8 Å². The molecule has 58 valence electrons. The zero-order chi connectivity index (χ0) is 7.94. The Balaban J connectivity index is 2.62. The van der Waals surface area contributed by atoms with Gasteiger partial charge in [0.15, 0.2) is 0 Å². The maximum Gasteiger partial charge on any atom is 0.0599 e. The summed E-state index contributed by atoms with van der Waals surface area (Å²) in [6.07, 6.45) is 13.3. The van der Waals surface area contributed by atoms with Crippen LogP contribution in [0.3, 0.4) is 0 Å². The summed E-state index contributed by atoms with van der Waals surface area (Å²) >= 11 is 0. The van der Waals surface area contributed by atoms with Crippen LogP contribution in [0.1, 0.15) is 13.3 Å². The molecule has 1 rings (SSSR count). The highest BCUT2D eigenvalue weighted by molar-refractivity contribution is 5.71. The first-order valence-corrected chi connectivity index (χ1v) is 3.87. The first-order valence-electron chi connectivity index (χ1n) is 3.87. The number of rotatable bonds is 0. The number of allylic oxidation sites excluding steroid dienone is 5. The van der Waals surface area contributed by atoms with Crippen LogP contribution in [-0.2, 0) is 0 Å². The third kappa shape index (κ3) is 3.56. The van der Waals surface area contributed by atoms with E-state index in [1.54, 1.807) is 0 Å². The first-order chi connectivity index (χ1) is 5.39. The SMILES string of the molecule is C/C1=C/C=C\C/C=C\C=N/C1. The second-order valence-electron chi connectivity index (χ2n) is 2.59. The minimum absolute atomic E-state index is 0.814. The molecule has 1 nitrogen and oxygen atoms in total. The van der Waals surface area contributed by atoms with Gasteiger partial charge in [-0.05, 0) is 19.4 Å². The fourth-order valence-electron chi connectivity index (χ4n) is 0.839. The molecule has 1 aliphatic rings. The van der Waals surface area contributed by atoms with Crippen LogP contribution >= 0.6 is 0 Å². The number of hydrogen-bond donors (Lipinski definition) is 0. The van der Waals surface area contributed by atoms with Crippen LogP contribution in [0, 0.1) is 0 Å². The van der Waals surface area contributed by atoms with Gasteiger partial charge in [0.1, 0.15) is 0 Å². The third-order valence-electron chi connectivity index (χ3n) is 1.46. The van der Waals surface area contributed by atoms with E-state index >= 15 is 0 Å². The Kier molecular flexibility index (Phi) is 3.39. The average Bonchev–Trinajstić information content (AvgIpc) is 2.03. The maximum atomic E-state index is 4.20. The van der Waals surface area contributed by atoms with Crippen LogP contribution in [0.25, 0.3) is 0 Å². The highest BCUT2D eigenvalue weighted by Crippen LogP contribution is 1.96. The molecule has 0 aromatic carbocycles. The van der Waals surface area contributed by atoms with E-state index in [1.807, 2.05) is 12.3 Å². The normalized spacial score (nSPS) is 31.5. The summed E-state index contributed by atoms with van der Waals surface area (Å²) in [5, 5.41) is 0. The molecule has 0 atom stereocenters. The minimum atomic E-state index is 0.814. The molecular weight excluding hydrogens is 134 g/mol. The van der Waals surface area contributed by atoms with Gasteiger partial charge in [-0.2, -0.15) is 0 Å². The molecule has 0 saturated carbocycles. The number of hydrogen-bond acceptors (Lipinski definition) is 1. The molecule has 11 heavy (non-hydrogen) atoms. The monoisotopic (exact) mass is 147 g/mol. The molecule has 0 aromatic rings. The van der Waals surface area contributed by atoms with Crippen LogP contribution in [0.5, 0.6) is 0 Å². The predicted molar refractivity (Wildman–Crippen MR) is 50.0 cm³/mol. The molecule has 0 N–H and O–H groups in total. The Bertz CT molecular complexity index is 219. The zero-order valence-electron chi connectivity index (χ0n) is 6.83. The summed E-state index contributed by atoms with van der Waals surface area (Å²) in [4.78, 5) is 4.20. The van der Waals surface area contributed by atoms with Gasteiger partial charge in [0.25, 0.3) is 0 Å². The summed E-state index contributed by atoms with van der Waals surface area (Å²) in [5.74, 6) is 0. The van der Waals surface area contributed by atoms with Gasteiger partial charge in [0.2, 0.25) is 0 Å². The highest BCUT2D eigenvalue weighted by atomic mass is 14.7. The van der Waals surface area contributed by atoms with E-state index in [1.165, 1.54) is 5.57 Å². The van der Waals surface area contributed by atoms with Crippen LogP contribution in [0.15, 0.2) is 40.9 Å². The van der Waals surface area contributed by atoms with E-state index < -0.39 is 0 Å². The van der Waals surface area contributed by atoms with Gasteiger partial charge >= 0.3 is 0 Å². The lowest BCUT2D eigenvalue weighted by Crippen LogP contribution is -1.82. The summed E-state index contributed by atoms with van der Waals surface area (Å²) in [7, 11) is 0. The smallest absolute Gasteiger partial charge is 0.0599 e. The van der Waals surface area contributed by atoms with Crippen molar-refractivity contribution in [2.75, 3.05) is 6.54 Å². The Hall–Kier alpha value is -1.11. The molecule has 0 aromatic heterocycles. The van der Waals surface area contributed by atoms with Crippen molar-refractivity contribution in [1.82, 2.24) is 0 Å². The van der Waals surface area contributed by atoms with Crippen LogP contribution in [0.2, 0.25) is 0 Å². The Morgan fingerprint density at radius 3 is 3.00 bits per heavy atom. The van der Waals surface area contributed by atoms with E-state index in [0.29, 0.717) is 0 Å². The van der Waals surface area contributed by atoms with Crippen LogP contribution in [-0.4, -0.2) is 12.8 Å². The van der Waals surface area contributed by atoms with Crippen molar-refractivity contribution in [2.24, 2.45) is 4.99 Å². The Morgan fingerprint density at radius 1 is 1.27 bits per heavy atom. The topological polar surface area (TPSA) is 12.4 Å². The van der Waals surface area contributed by atoms with Crippen molar-refractivity contribution >= 4 is 6.21 Å². The lowest BCUT2D eigenvalue weighted by Gasteiger charge is -1.92. The van der Waals surface area contributed by atoms with Crippen LogP contribution < -0.4 is 0 Å². The zero-order valence-corrected chi connectivity index (χ0v) is 6.83. The molecule has 1 heterocycles. The summed E-state index contributed by atoms with van der Waals surface area (Å²) in [5.41, 5.74) is 1.30. The largest absolute Gasteiger partial charge is 0.289 e. The summed E-state index contributed by atoms with van der Waals surface area (Å²) in [6, 6.07) is 0. The molecule has 0 bridgehead atoms. The van der Waals surface area contributed by atoms with Crippen molar-refractivity contribution in [3.8, 4) is 0 Å². The molecule has 0 radical (unpaired) electrons. The first kappa shape index (κ1) is 7.99. The maximum absolute atomic E-state index is 4.20. The van der Waals surface area contributed by atoms with Crippen molar-refractivity contribution in [3.05, 3.63) is 36.0 Å². The molecule has 1 heteroatoms. The molecule has 0 fully saturated rings. The fourth-order valence-corrected chi connectivity index (χ4v) is 0.839. The molecular formula is C10H13N. The minimum Gasteiger partial charge on any atom is -0.289 e. The molecule has 1 aliphatic heterocycles. The lowest BCUT2D eigenvalue weighted by atomic mass is 10.2. The molecule has 0 unspecified atom stereocenters. The van der Waals surface area contributed by atoms with Crippen molar-refractivity contribution in [1.29, 1.82) is 0 Å². The predicted octanol–water partition coefficient (Wildman–Crippen LogP) is 2.52. The number of aliphatic imine (C=N–C) groups is 1. The second-order valence-corrected chi connectivity index (χ2v) is 2.59. The van der Waals surface area contributed by atoms with Crippen molar-refractivity contribution in [2.45, 2.75) is 13.3 Å². The van der Waals surface area contributed by atoms with E-state index in [0.717, 1.165) is 13.0 Å². The van der Waals surface area contributed by atoms with E-state index in [9.17, 15) is 0 Å². The van der Waals surface area contributed by atoms with Gasteiger partial charge in [0.05, 0.1) is 6.54 Å². The average molecular weight is 147 g/mol. The summed E-state index contributed by atoms with van der Waals surface area (Å²) in [6.45, 7) is 2.90. The third-order valence-corrected chi connectivity index (χ3v) is 1.46. The summed E-state index contributed by atoms with van der Waals surface area (Å²) < 4.78 is 0. The van der Waals surface area contributed by atoms with Gasteiger partial charge in [-0.3, -0.25) is 4.99 Å². The molecule has 0 saturated heterocycles. The highest BCUT2D eigenvalue weighted by Gasteiger charge is 1.83. The van der Waals surface area contributed by atoms with Gasteiger partial charge in [0, 0.05) is 6.21 Å². The fraction of sp³-hybridized carbons (Fsp3) is 0.300. The van der Waals surface area contributed by atoms with Gasteiger partial charge in [-0.1, -0.05) is 29.9 Å². The lowest BCUT2D eigenvalue weighted by molar-refractivity contribution is 1.14. The Morgan fingerprint density at radius 2 is 2.09 bits per heavy atom. The molecule has 0 aliphatic carbocycles. The quantitative estimate of drug-likeness (QED) is 0.499. The van der Waals surface area contributed by atoms with E-state index in [4.69, 9.17) is 0 Å². The van der Waals surface area contributed by atoms with Gasteiger partial charge < -0.3 is 0 Å². The second kappa shape index (κ2) is 4.67. The molecule has 0 spiro atoms. The molecule has 0 amide bonds. The van der Waals surface area contributed by atoms with Crippen molar-refractivity contribution < 1.29 is 0 Å². The van der Waals surface area contributed by atoms with Gasteiger partial charge in [-0.25, -0.2) is 0 Å². The van der Waals surface area contributed by atoms with Crippen LogP contribution in [0.4, 0.5) is 0 Å². The van der Waals surface area contributed by atoms with Gasteiger partial charge in [-0.15, -0.1) is 0 Å². The standard InChI is InChI=1S/C10H13N/c1-10-7-5-3-2-4-6-8-11-9-10/h3-8H,2,9H2,1H3/b5-3-,6-4-,10-7-,11-8-. The van der Waals surface area contributed by atoms with E-state index in [2.05, 4.69) is 36.2 Å².